The van der Waals surface area contributed by atoms with E-state index in [1.165, 1.54) is 0 Å². The first-order chi connectivity index (χ1) is 5.74. The van der Waals surface area contributed by atoms with Crippen LogP contribution in [0, 0.1) is 0 Å². The number of aryl methyl sites for hydroxylation is 1. The summed E-state index contributed by atoms with van der Waals surface area (Å²) in [6.07, 6.45) is 3.09. The highest BCUT2D eigenvalue weighted by Gasteiger charge is 2.08. The van der Waals surface area contributed by atoms with E-state index < -0.39 is 0 Å². The first-order valence-corrected chi connectivity index (χ1v) is 6.34. The van der Waals surface area contributed by atoms with Gasteiger partial charge in [-0.3, -0.25) is 0 Å². The number of rotatable bonds is 4. The second kappa shape index (κ2) is 5.04. The average molecular weight is 223 g/mol. The zero-order chi connectivity index (χ0) is 8.97. The quantitative estimate of drug-likeness (QED) is 0.733. The Balaban J connectivity index is 2.52. The third kappa shape index (κ3) is 2.92. The summed E-state index contributed by atoms with van der Waals surface area (Å²) in [5, 5.41) is 10.0. The highest BCUT2D eigenvalue weighted by molar-refractivity contribution is 7.98. The predicted molar refractivity (Wildman–Crippen MR) is 56.3 cm³/mol. The minimum absolute atomic E-state index is 0.00877. The normalized spacial score (nSPS) is 13.2. The molecule has 1 heterocycles. The van der Waals surface area contributed by atoms with E-state index >= 15 is 0 Å². The molecule has 5 heteroatoms. The SMILES string of the molecule is CSCCc1nnc(C(C)Cl)s1. The Kier molecular flexibility index (Phi) is 4.32. The van der Waals surface area contributed by atoms with Crippen molar-refractivity contribution in [1.82, 2.24) is 10.2 Å². The van der Waals surface area contributed by atoms with Gasteiger partial charge in [-0.2, -0.15) is 11.8 Å². The molecule has 0 N–H and O–H groups in total. The molecule has 0 radical (unpaired) electrons. The second-order valence-electron chi connectivity index (χ2n) is 2.39. The van der Waals surface area contributed by atoms with Gasteiger partial charge in [-0.25, -0.2) is 0 Å². The highest BCUT2D eigenvalue weighted by atomic mass is 35.5. The maximum atomic E-state index is 5.85. The molecule has 12 heavy (non-hydrogen) atoms. The average Bonchev–Trinajstić information content (AvgIpc) is 2.48. The van der Waals surface area contributed by atoms with Crippen LogP contribution in [-0.2, 0) is 6.42 Å². The molecule has 0 bridgehead atoms. The lowest BCUT2D eigenvalue weighted by Gasteiger charge is -1.91. The molecule has 68 valence electrons. The van der Waals surface area contributed by atoms with Gasteiger partial charge in [-0.05, 0) is 18.9 Å². The minimum atomic E-state index is -0.00877. The maximum Gasteiger partial charge on any atom is 0.135 e. The first kappa shape index (κ1) is 10.3. The summed E-state index contributed by atoms with van der Waals surface area (Å²) in [7, 11) is 0. The van der Waals surface area contributed by atoms with E-state index in [2.05, 4.69) is 16.5 Å². The Morgan fingerprint density at radius 1 is 1.58 bits per heavy atom. The molecule has 0 saturated carbocycles. The lowest BCUT2D eigenvalue weighted by atomic mass is 10.5. The number of hydrogen-bond acceptors (Lipinski definition) is 4. The second-order valence-corrected chi connectivity index (χ2v) is 5.13. The van der Waals surface area contributed by atoms with E-state index in [0.717, 1.165) is 22.2 Å². The Morgan fingerprint density at radius 2 is 2.33 bits per heavy atom. The number of halogens is 1. The van der Waals surface area contributed by atoms with Crippen LogP contribution >= 0.6 is 34.7 Å². The Labute approximate surface area is 85.7 Å². The standard InChI is InChI=1S/C7H11ClN2S2/c1-5(8)7-10-9-6(12-7)3-4-11-2/h5H,3-4H2,1-2H3. The van der Waals surface area contributed by atoms with Crippen LogP contribution in [0.15, 0.2) is 0 Å². The smallest absolute Gasteiger partial charge is 0.135 e. The van der Waals surface area contributed by atoms with Gasteiger partial charge in [0, 0.05) is 6.42 Å². The fourth-order valence-corrected chi connectivity index (χ4v) is 2.19. The number of nitrogens with zero attached hydrogens (tertiary/aromatic N) is 2. The van der Waals surface area contributed by atoms with Crippen LogP contribution in [0.1, 0.15) is 22.3 Å². The zero-order valence-corrected chi connectivity index (χ0v) is 9.47. The van der Waals surface area contributed by atoms with Crippen molar-refractivity contribution < 1.29 is 0 Å². The van der Waals surface area contributed by atoms with E-state index in [-0.39, 0.29) is 5.38 Å². The van der Waals surface area contributed by atoms with E-state index in [4.69, 9.17) is 11.6 Å². The Morgan fingerprint density at radius 3 is 2.83 bits per heavy atom. The van der Waals surface area contributed by atoms with E-state index in [1.807, 2.05) is 18.7 Å². The van der Waals surface area contributed by atoms with E-state index in [0.29, 0.717) is 0 Å². The van der Waals surface area contributed by atoms with Crippen molar-refractivity contribution in [2.75, 3.05) is 12.0 Å². The van der Waals surface area contributed by atoms with Gasteiger partial charge in [0.1, 0.15) is 10.0 Å². The molecule has 2 nitrogen and oxygen atoms in total. The zero-order valence-electron chi connectivity index (χ0n) is 7.08. The molecule has 0 fully saturated rings. The molecule has 0 aromatic carbocycles. The molecular formula is C7H11ClN2S2. The van der Waals surface area contributed by atoms with Gasteiger partial charge in [0.05, 0.1) is 5.38 Å². The van der Waals surface area contributed by atoms with Crippen molar-refractivity contribution in [1.29, 1.82) is 0 Å². The molecule has 0 amide bonds. The van der Waals surface area contributed by atoms with Gasteiger partial charge < -0.3 is 0 Å². The van der Waals surface area contributed by atoms with E-state index in [1.54, 1.807) is 11.3 Å². The molecule has 0 aliphatic carbocycles. The molecular weight excluding hydrogens is 212 g/mol. The molecule has 0 spiro atoms. The fraction of sp³-hybridized carbons (Fsp3) is 0.714. The van der Waals surface area contributed by atoms with Crippen LogP contribution in [0.4, 0.5) is 0 Å². The topological polar surface area (TPSA) is 25.8 Å². The van der Waals surface area contributed by atoms with Crippen molar-refractivity contribution in [2.24, 2.45) is 0 Å². The number of hydrogen-bond donors (Lipinski definition) is 0. The van der Waals surface area contributed by atoms with Gasteiger partial charge in [0.15, 0.2) is 0 Å². The van der Waals surface area contributed by atoms with Crippen LogP contribution in [0.5, 0.6) is 0 Å². The monoisotopic (exact) mass is 222 g/mol. The summed E-state index contributed by atoms with van der Waals surface area (Å²) in [6, 6.07) is 0. The van der Waals surface area contributed by atoms with Gasteiger partial charge in [0.2, 0.25) is 0 Å². The Bertz CT molecular complexity index is 237. The van der Waals surface area contributed by atoms with Crippen molar-refractivity contribution in [3.8, 4) is 0 Å². The summed E-state index contributed by atoms with van der Waals surface area (Å²) < 4.78 is 0. The van der Waals surface area contributed by atoms with Crippen LogP contribution in [0.3, 0.4) is 0 Å². The fourth-order valence-electron chi connectivity index (χ4n) is 0.718. The summed E-state index contributed by atoms with van der Waals surface area (Å²) in [6.45, 7) is 1.92. The van der Waals surface area contributed by atoms with Crippen molar-refractivity contribution in [2.45, 2.75) is 18.7 Å². The summed E-state index contributed by atoms with van der Waals surface area (Å²) in [5.41, 5.74) is 0. The molecule has 1 aromatic heterocycles. The predicted octanol–water partition coefficient (Wildman–Crippen LogP) is 2.74. The third-order valence-electron chi connectivity index (χ3n) is 1.34. The number of thioether (sulfide) groups is 1. The van der Waals surface area contributed by atoms with Crippen molar-refractivity contribution in [3.63, 3.8) is 0 Å². The van der Waals surface area contributed by atoms with Crippen molar-refractivity contribution in [3.05, 3.63) is 10.0 Å². The lowest BCUT2D eigenvalue weighted by molar-refractivity contribution is 0.926. The highest BCUT2D eigenvalue weighted by Crippen LogP contribution is 2.23. The van der Waals surface area contributed by atoms with E-state index in [9.17, 15) is 0 Å². The molecule has 1 rings (SSSR count). The minimum Gasteiger partial charge on any atom is -0.165 e. The maximum absolute atomic E-state index is 5.85. The van der Waals surface area contributed by atoms with Crippen LogP contribution in [0.2, 0.25) is 0 Å². The number of aromatic nitrogens is 2. The largest absolute Gasteiger partial charge is 0.165 e. The van der Waals surface area contributed by atoms with Gasteiger partial charge in [-0.15, -0.1) is 21.8 Å². The number of alkyl halides is 1. The van der Waals surface area contributed by atoms with Gasteiger partial charge in [0.25, 0.3) is 0 Å². The molecule has 0 saturated heterocycles. The Hall–Kier alpha value is 0.200. The third-order valence-corrected chi connectivity index (χ3v) is 3.46. The molecule has 0 aliphatic heterocycles. The molecule has 1 aromatic rings. The molecule has 1 atom stereocenters. The lowest BCUT2D eigenvalue weighted by Crippen LogP contribution is -1.85. The van der Waals surface area contributed by atoms with Crippen LogP contribution in [0.25, 0.3) is 0 Å². The van der Waals surface area contributed by atoms with Crippen LogP contribution < -0.4 is 0 Å². The summed E-state index contributed by atoms with van der Waals surface area (Å²) in [5.74, 6) is 1.10. The molecule has 1 unspecified atom stereocenters. The van der Waals surface area contributed by atoms with Gasteiger partial charge in [-0.1, -0.05) is 11.3 Å². The van der Waals surface area contributed by atoms with Crippen LogP contribution in [-0.4, -0.2) is 22.2 Å². The van der Waals surface area contributed by atoms with Gasteiger partial charge >= 0.3 is 0 Å². The summed E-state index contributed by atoms with van der Waals surface area (Å²) in [4.78, 5) is 0. The summed E-state index contributed by atoms with van der Waals surface area (Å²) >= 11 is 9.29. The van der Waals surface area contributed by atoms with Crippen molar-refractivity contribution >= 4 is 34.7 Å². The molecule has 0 aliphatic rings. The first-order valence-electron chi connectivity index (χ1n) is 3.69.